The average Bonchev–Trinajstić information content (AvgIpc) is 3.16. The summed E-state index contributed by atoms with van der Waals surface area (Å²) < 4.78 is 0. The second-order valence-corrected chi connectivity index (χ2v) is 6.97. The van der Waals surface area contributed by atoms with E-state index in [1.807, 2.05) is 30.3 Å². The van der Waals surface area contributed by atoms with Crippen molar-refractivity contribution in [2.75, 3.05) is 32.0 Å². The molecule has 2 aromatic carbocycles. The van der Waals surface area contributed by atoms with Crippen LogP contribution in [0.25, 0.3) is 0 Å². The number of hydrogen-bond acceptors (Lipinski definition) is 3. The maximum atomic E-state index is 12.1. The molecule has 1 heterocycles. The molecule has 156 valence electrons. The van der Waals surface area contributed by atoms with Gasteiger partial charge in [0.15, 0.2) is 5.96 Å². The lowest BCUT2D eigenvalue weighted by atomic mass is 10.2. The topological polar surface area (TPSA) is 68.8 Å². The fraction of sp³-hybridized carbons (Fsp3) is 0.364. The molecular weight excluding hydrogens is 477 g/mol. The summed E-state index contributed by atoms with van der Waals surface area (Å²) in [7, 11) is 1.72. The number of amides is 1. The average molecular weight is 507 g/mol. The van der Waals surface area contributed by atoms with Gasteiger partial charge in [-0.05, 0) is 37.1 Å². The lowest BCUT2D eigenvalue weighted by Gasteiger charge is -2.25. The highest BCUT2D eigenvalue weighted by Crippen LogP contribution is 2.19. The molecule has 29 heavy (non-hydrogen) atoms. The Bertz CT molecular complexity index is 769. The van der Waals surface area contributed by atoms with E-state index in [4.69, 9.17) is 0 Å². The Kier molecular flexibility index (Phi) is 9.93. The number of nitrogens with zero attached hydrogens (tertiary/aromatic N) is 2. The third-order valence-corrected chi connectivity index (χ3v) is 4.93. The number of nitrogens with one attached hydrogen (secondary N) is 3. The number of carbonyl (C=O) groups excluding carboxylic acids is 1. The highest BCUT2D eigenvalue weighted by atomic mass is 127. The van der Waals surface area contributed by atoms with E-state index in [2.05, 4.69) is 56.2 Å². The van der Waals surface area contributed by atoms with E-state index in [-0.39, 0.29) is 36.4 Å². The molecule has 1 saturated heterocycles. The molecule has 0 spiro atoms. The number of benzene rings is 2. The van der Waals surface area contributed by atoms with Crippen LogP contribution >= 0.6 is 24.0 Å². The zero-order valence-electron chi connectivity index (χ0n) is 16.8. The van der Waals surface area contributed by atoms with E-state index < -0.39 is 0 Å². The molecule has 0 radical (unpaired) electrons. The van der Waals surface area contributed by atoms with Crippen molar-refractivity contribution in [3.05, 3.63) is 66.2 Å². The standard InChI is InChI=1S/C22H29N5O.HI/c1-23-22(25-16-21(28)26-19-11-6-3-7-12-19)24-15-20-13-8-14-27(20)17-18-9-4-2-5-10-18;/h2-7,9-12,20H,8,13-17H2,1H3,(H,26,28)(H2,23,24,25);1H. The first-order valence-electron chi connectivity index (χ1n) is 9.82. The van der Waals surface area contributed by atoms with E-state index in [1.54, 1.807) is 7.05 Å². The predicted octanol–water partition coefficient (Wildman–Crippen LogP) is 3.07. The van der Waals surface area contributed by atoms with E-state index in [0.717, 1.165) is 25.3 Å². The van der Waals surface area contributed by atoms with E-state index in [1.165, 1.54) is 18.4 Å². The maximum Gasteiger partial charge on any atom is 0.243 e. The Labute approximate surface area is 190 Å². The summed E-state index contributed by atoms with van der Waals surface area (Å²) in [5.74, 6) is 0.551. The van der Waals surface area contributed by atoms with Gasteiger partial charge in [0.1, 0.15) is 0 Å². The summed E-state index contributed by atoms with van der Waals surface area (Å²) in [6.07, 6.45) is 2.38. The van der Waals surface area contributed by atoms with Crippen LogP contribution < -0.4 is 16.0 Å². The summed E-state index contributed by atoms with van der Waals surface area (Å²) in [6, 6.07) is 20.5. The summed E-state index contributed by atoms with van der Waals surface area (Å²) in [6.45, 7) is 3.07. The van der Waals surface area contributed by atoms with Gasteiger partial charge in [-0.3, -0.25) is 14.7 Å². The van der Waals surface area contributed by atoms with Gasteiger partial charge >= 0.3 is 0 Å². The van der Waals surface area contributed by atoms with Crippen LogP contribution in [-0.4, -0.2) is 49.5 Å². The van der Waals surface area contributed by atoms with Crippen LogP contribution in [0.15, 0.2) is 65.7 Å². The molecule has 6 nitrogen and oxygen atoms in total. The number of anilines is 1. The molecule has 1 unspecified atom stereocenters. The summed E-state index contributed by atoms with van der Waals surface area (Å²) in [5.41, 5.74) is 2.13. The van der Waals surface area contributed by atoms with Crippen molar-refractivity contribution in [2.24, 2.45) is 4.99 Å². The number of guanidine groups is 1. The fourth-order valence-electron chi connectivity index (χ4n) is 3.48. The van der Waals surface area contributed by atoms with Gasteiger partial charge in [-0.1, -0.05) is 48.5 Å². The third-order valence-electron chi connectivity index (χ3n) is 4.93. The van der Waals surface area contributed by atoms with Gasteiger partial charge < -0.3 is 16.0 Å². The first-order chi connectivity index (χ1) is 13.7. The third kappa shape index (κ3) is 7.66. The van der Waals surface area contributed by atoms with Crippen LogP contribution in [0.1, 0.15) is 18.4 Å². The Balaban J connectivity index is 0.00000300. The minimum Gasteiger partial charge on any atom is -0.355 e. The number of rotatable bonds is 7. The first-order valence-corrected chi connectivity index (χ1v) is 9.82. The van der Waals surface area contributed by atoms with Gasteiger partial charge in [0.25, 0.3) is 0 Å². The predicted molar refractivity (Wildman–Crippen MR) is 130 cm³/mol. The molecular formula is C22H30IN5O. The molecule has 0 saturated carbocycles. The highest BCUT2D eigenvalue weighted by molar-refractivity contribution is 14.0. The monoisotopic (exact) mass is 507 g/mol. The zero-order valence-corrected chi connectivity index (χ0v) is 19.1. The number of likely N-dealkylation sites (tertiary alicyclic amines) is 1. The largest absolute Gasteiger partial charge is 0.355 e. The van der Waals surface area contributed by atoms with Gasteiger partial charge in [0, 0.05) is 31.9 Å². The molecule has 0 aliphatic carbocycles. The zero-order chi connectivity index (χ0) is 19.6. The Morgan fingerprint density at radius 3 is 2.45 bits per heavy atom. The Morgan fingerprint density at radius 1 is 1.07 bits per heavy atom. The highest BCUT2D eigenvalue weighted by Gasteiger charge is 2.24. The van der Waals surface area contributed by atoms with Gasteiger partial charge in [0.05, 0.1) is 6.54 Å². The van der Waals surface area contributed by atoms with Crippen LogP contribution in [0.3, 0.4) is 0 Å². The molecule has 2 aromatic rings. The molecule has 1 fully saturated rings. The second-order valence-electron chi connectivity index (χ2n) is 6.97. The number of halogens is 1. The molecule has 3 rings (SSSR count). The van der Waals surface area contributed by atoms with Crippen molar-refractivity contribution in [2.45, 2.75) is 25.4 Å². The second kappa shape index (κ2) is 12.4. The number of carbonyl (C=O) groups is 1. The van der Waals surface area contributed by atoms with Crippen molar-refractivity contribution >= 4 is 41.5 Å². The van der Waals surface area contributed by atoms with Crippen molar-refractivity contribution < 1.29 is 4.79 Å². The molecule has 7 heteroatoms. The van der Waals surface area contributed by atoms with Crippen LogP contribution in [0.2, 0.25) is 0 Å². The van der Waals surface area contributed by atoms with E-state index in [9.17, 15) is 4.79 Å². The molecule has 0 bridgehead atoms. The van der Waals surface area contributed by atoms with E-state index >= 15 is 0 Å². The maximum absolute atomic E-state index is 12.1. The minimum atomic E-state index is -0.0966. The van der Waals surface area contributed by atoms with Crippen molar-refractivity contribution in [1.29, 1.82) is 0 Å². The first kappa shape index (κ1) is 23.2. The quantitative estimate of drug-likeness (QED) is 0.306. The Hall–Kier alpha value is -2.13. The smallest absolute Gasteiger partial charge is 0.243 e. The van der Waals surface area contributed by atoms with Crippen molar-refractivity contribution in [3.8, 4) is 0 Å². The van der Waals surface area contributed by atoms with Crippen LogP contribution in [0.4, 0.5) is 5.69 Å². The number of hydrogen-bond donors (Lipinski definition) is 3. The lowest BCUT2D eigenvalue weighted by Crippen LogP contribution is -2.46. The molecule has 1 aliphatic rings. The number of para-hydroxylation sites is 1. The van der Waals surface area contributed by atoms with Gasteiger partial charge in [0.2, 0.25) is 5.91 Å². The minimum absolute atomic E-state index is 0. The summed E-state index contributed by atoms with van der Waals surface area (Å²) >= 11 is 0. The fourth-order valence-corrected chi connectivity index (χ4v) is 3.48. The van der Waals surface area contributed by atoms with Crippen LogP contribution in [0, 0.1) is 0 Å². The van der Waals surface area contributed by atoms with Crippen LogP contribution in [0.5, 0.6) is 0 Å². The molecule has 1 amide bonds. The summed E-state index contributed by atoms with van der Waals surface area (Å²) in [4.78, 5) is 18.8. The Morgan fingerprint density at radius 2 is 1.76 bits per heavy atom. The SMILES string of the molecule is CN=C(NCC(=O)Nc1ccccc1)NCC1CCCN1Cc1ccccc1.I. The van der Waals surface area contributed by atoms with Crippen molar-refractivity contribution in [3.63, 3.8) is 0 Å². The van der Waals surface area contributed by atoms with Gasteiger partial charge in [-0.15, -0.1) is 24.0 Å². The lowest BCUT2D eigenvalue weighted by molar-refractivity contribution is -0.115. The molecule has 1 atom stereocenters. The normalized spacial score (nSPS) is 16.7. The molecule has 3 N–H and O–H groups in total. The van der Waals surface area contributed by atoms with Crippen molar-refractivity contribution in [1.82, 2.24) is 15.5 Å². The molecule has 0 aromatic heterocycles. The van der Waals surface area contributed by atoms with E-state index in [0.29, 0.717) is 12.0 Å². The molecule has 1 aliphatic heterocycles. The van der Waals surface area contributed by atoms with Crippen LogP contribution in [-0.2, 0) is 11.3 Å². The summed E-state index contributed by atoms with van der Waals surface area (Å²) in [5, 5.41) is 9.31. The number of aliphatic imine (C=N–C) groups is 1. The van der Waals surface area contributed by atoms with Gasteiger partial charge in [-0.2, -0.15) is 0 Å². The van der Waals surface area contributed by atoms with Gasteiger partial charge in [-0.25, -0.2) is 0 Å².